The van der Waals surface area contributed by atoms with Gasteiger partial charge in [-0.25, -0.2) is 0 Å². The lowest BCUT2D eigenvalue weighted by Crippen LogP contribution is -2.42. The van der Waals surface area contributed by atoms with Gasteiger partial charge in [0.25, 0.3) is 0 Å². The number of halogens is 5. The number of benzene rings is 1. The summed E-state index contributed by atoms with van der Waals surface area (Å²) in [5.74, 6) is -0.486. The summed E-state index contributed by atoms with van der Waals surface area (Å²) in [6.07, 6.45) is -10.9. The Kier molecular flexibility index (Phi) is 2.88. The van der Waals surface area contributed by atoms with Crippen molar-refractivity contribution in [2.24, 2.45) is 0 Å². The van der Waals surface area contributed by atoms with E-state index >= 15 is 0 Å². The minimum Gasteiger partial charge on any atom is -0.425 e. The van der Waals surface area contributed by atoms with Crippen LogP contribution in [0.15, 0.2) is 24.3 Å². The first-order chi connectivity index (χ1) is 6.74. The molecule has 15 heavy (non-hydrogen) atoms. The molecule has 1 aromatic rings. The molecule has 0 aromatic heterocycles. The Hall–Kier alpha value is -1.33. The fourth-order valence-electron chi connectivity index (χ4n) is 0.867. The Morgan fingerprint density at radius 3 is 2.00 bits per heavy atom. The molecule has 0 saturated heterocycles. The summed E-state index contributed by atoms with van der Waals surface area (Å²) in [5, 5.41) is 0. The van der Waals surface area contributed by atoms with Crippen molar-refractivity contribution in [2.45, 2.75) is 19.2 Å². The molecule has 1 aromatic carbocycles. The van der Waals surface area contributed by atoms with Crippen LogP contribution in [-0.4, -0.2) is 12.3 Å². The Labute approximate surface area is 82.5 Å². The zero-order valence-corrected chi connectivity index (χ0v) is 7.61. The van der Waals surface area contributed by atoms with Crippen LogP contribution in [0.2, 0.25) is 0 Å². The van der Waals surface area contributed by atoms with E-state index in [1.807, 2.05) is 0 Å². The molecular weight excluding hydrogens is 219 g/mol. The summed E-state index contributed by atoms with van der Waals surface area (Å²) in [4.78, 5) is 0. The first-order valence-electron chi connectivity index (χ1n) is 3.93. The lowest BCUT2D eigenvalue weighted by molar-refractivity contribution is -0.360. The standard InChI is InChI=1S/C9H7F5O/c1-6-4-2-3-5-7(6)15-9(13,14)8(10,11)12/h2-5H,1H3. The van der Waals surface area contributed by atoms with Gasteiger partial charge in [-0.1, -0.05) is 18.2 Å². The largest absolute Gasteiger partial charge is 0.499 e. The third-order valence-electron chi connectivity index (χ3n) is 1.66. The molecular formula is C9H7F5O. The molecule has 0 spiro atoms. The van der Waals surface area contributed by atoms with Crippen LogP contribution in [0.3, 0.4) is 0 Å². The molecule has 0 saturated carbocycles. The van der Waals surface area contributed by atoms with Gasteiger partial charge in [0.15, 0.2) is 0 Å². The molecule has 1 nitrogen and oxygen atoms in total. The van der Waals surface area contributed by atoms with E-state index in [9.17, 15) is 22.0 Å². The van der Waals surface area contributed by atoms with Gasteiger partial charge >= 0.3 is 12.3 Å². The van der Waals surface area contributed by atoms with Crippen LogP contribution in [-0.2, 0) is 0 Å². The number of para-hydroxylation sites is 1. The van der Waals surface area contributed by atoms with Gasteiger partial charge in [-0.15, -0.1) is 0 Å². The van der Waals surface area contributed by atoms with Crippen molar-refractivity contribution in [3.8, 4) is 5.75 Å². The summed E-state index contributed by atoms with van der Waals surface area (Å²) >= 11 is 0. The highest BCUT2D eigenvalue weighted by Gasteiger charge is 2.61. The first kappa shape index (κ1) is 11.7. The molecule has 1 rings (SSSR count). The highest BCUT2D eigenvalue weighted by molar-refractivity contribution is 5.32. The molecule has 0 atom stereocenters. The minimum atomic E-state index is -5.71. The predicted octanol–water partition coefficient (Wildman–Crippen LogP) is 3.53. The van der Waals surface area contributed by atoms with Gasteiger partial charge in [0.05, 0.1) is 0 Å². The summed E-state index contributed by atoms with van der Waals surface area (Å²) in [5.41, 5.74) is 0.210. The topological polar surface area (TPSA) is 9.23 Å². The van der Waals surface area contributed by atoms with Crippen LogP contribution in [0, 0.1) is 6.92 Å². The van der Waals surface area contributed by atoms with Crippen molar-refractivity contribution >= 4 is 0 Å². The molecule has 0 aliphatic rings. The Morgan fingerprint density at radius 2 is 1.53 bits per heavy atom. The smallest absolute Gasteiger partial charge is 0.425 e. The average Bonchev–Trinajstić information content (AvgIpc) is 2.06. The summed E-state index contributed by atoms with van der Waals surface area (Å²) in [7, 11) is 0. The molecule has 0 aliphatic carbocycles. The van der Waals surface area contributed by atoms with E-state index in [0.717, 1.165) is 6.07 Å². The number of hydrogen-bond donors (Lipinski definition) is 0. The Morgan fingerprint density at radius 1 is 1.00 bits per heavy atom. The fraction of sp³-hybridized carbons (Fsp3) is 0.333. The van der Waals surface area contributed by atoms with Crippen LogP contribution in [0.25, 0.3) is 0 Å². The third-order valence-corrected chi connectivity index (χ3v) is 1.66. The second kappa shape index (κ2) is 3.67. The zero-order chi connectivity index (χ0) is 11.7. The maximum Gasteiger partial charge on any atom is 0.499 e. The molecule has 0 aliphatic heterocycles. The molecule has 0 unspecified atom stereocenters. The van der Waals surface area contributed by atoms with Crippen LogP contribution in [0.5, 0.6) is 5.75 Å². The Balaban J connectivity index is 2.92. The van der Waals surface area contributed by atoms with E-state index < -0.39 is 18.0 Å². The summed E-state index contributed by atoms with van der Waals surface area (Å²) in [6, 6.07) is 5.25. The number of aryl methyl sites for hydroxylation is 1. The maximum absolute atomic E-state index is 12.4. The van der Waals surface area contributed by atoms with Gasteiger partial charge in [0.2, 0.25) is 0 Å². The van der Waals surface area contributed by atoms with Crippen molar-refractivity contribution in [2.75, 3.05) is 0 Å². The van der Waals surface area contributed by atoms with Crippen molar-refractivity contribution in [3.63, 3.8) is 0 Å². The summed E-state index contributed by atoms with van der Waals surface area (Å²) < 4.78 is 63.9. The van der Waals surface area contributed by atoms with Crippen molar-refractivity contribution in [1.29, 1.82) is 0 Å². The maximum atomic E-state index is 12.4. The molecule has 0 bridgehead atoms. The Bertz CT molecular complexity index is 345. The average molecular weight is 226 g/mol. The second-order valence-electron chi connectivity index (χ2n) is 2.88. The summed E-state index contributed by atoms with van der Waals surface area (Å²) in [6.45, 7) is 1.38. The van der Waals surface area contributed by atoms with E-state index in [0.29, 0.717) is 0 Å². The first-order valence-corrected chi connectivity index (χ1v) is 3.93. The van der Waals surface area contributed by atoms with Gasteiger partial charge < -0.3 is 4.74 Å². The van der Waals surface area contributed by atoms with Crippen LogP contribution >= 0.6 is 0 Å². The van der Waals surface area contributed by atoms with E-state index in [4.69, 9.17) is 0 Å². The normalized spacial score (nSPS) is 12.7. The lowest BCUT2D eigenvalue weighted by Gasteiger charge is -2.20. The number of rotatable bonds is 2. The van der Waals surface area contributed by atoms with Gasteiger partial charge in [-0.3, -0.25) is 0 Å². The van der Waals surface area contributed by atoms with Crippen LogP contribution in [0.4, 0.5) is 22.0 Å². The van der Waals surface area contributed by atoms with Crippen LogP contribution in [0.1, 0.15) is 5.56 Å². The third kappa shape index (κ3) is 2.57. The van der Waals surface area contributed by atoms with Crippen molar-refractivity contribution < 1.29 is 26.7 Å². The van der Waals surface area contributed by atoms with Crippen molar-refractivity contribution in [1.82, 2.24) is 0 Å². The molecule has 0 amide bonds. The second-order valence-corrected chi connectivity index (χ2v) is 2.88. The van der Waals surface area contributed by atoms with E-state index in [-0.39, 0.29) is 5.56 Å². The molecule has 0 fully saturated rings. The van der Waals surface area contributed by atoms with E-state index in [1.165, 1.54) is 25.1 Å². The monoisotopic (exact) mass is 226 g/mol. The van der Waals surface area contributed by atoms with Gasteiger partial charge in [-0.2, -0.15) is 22.0 Å². The lowest BCUT2D eigenvalue weighted by atomic mass is 10.2. The molecule has 6 heteroatoms. The highest BCUT2D eigenvalue weighted by atomic mass is 19.4. The number of hydrogen-bond acceptors (Lipinski definition) is 1. The zero-order valence-electron chi connectivity index (χ0n) is 7.61. The van der Waals surface area contributed by atoms with Gasteiger partial charge in [0, 0.05) is 0 Å². The minimum absolute atomic E-state index is 0.210. The SMILES string of the molecule is Cc1ccccc1OC(F)(F)C(F)(F)F. The van der Waals surface area contributed by atoms with Crippen molar-refractivity contribution in [3.05, 3.63) is 29.8 Å². The molecule has 0 radical (unpaired) electrons. The predicted molar refractivity (Wildman–Crippen MR) is 42.8 cm³/mol. The van der Waals surface area contributed by atoms with E-state index in [1.54, 1.807) is 0 Å². The quantitative estimate of drug-likeness (QED) is 0.701. The molecule has 0 N–H and O–H groups in total. The fourth-order valence-corrected chi connectivity index (χ4v) is 0.867. The van der Waals surface area contributed by atoms with Gasteiger partial charge in [0.1, 0.15) is 5.75 Å². The molecule has 0 heterocycles. The van der Waals surface area contributed by atoms with E-state index in [2.05, 4.69) is 4.74 Å². The number of alkyl halides is 5. The van der Waals surface area contributed by atoms with Gasteiger partial charge in [-0.05, 0) is 18.6 Å². The highest BCUT2D eigenvalue weighted by Crippen LogP contribution is 2.37. The molecule has 84 valence electrons. The van der Waals surface area contributed by atoms with Crippen LogP contribution < -0.4 is 4.74 Å². The number of ether oxygens (including phenoxy) is 1.